The summed E-state index contributed by atoms with van der Waals surface area (Å²) in [6.45, 7) is 2.26. The molecule has 0 spiro atoms. The Labute approximate surface area is 137 Å². The summed E-state index contributed by atoms with van der Waals surface area (Å²) in [7, 11) is 0. The first-order valence-electron chi connectivity index (χ1n) is 8.26. The summed E-state index contributed by atoms with van der Waals surface area (Å²) in [6, 6.07) is 6.38. The van der Waals surface area contributed by atoms with Crippen molar-refractivity contribution in [1.82, 2.24) is 5.32 Å². The molecule has 114 valence electrons. The molecule has 4 bridgehead atoms. The van der Waals surface area contributed by atoms with E-state index in [1.54, 1.807) is 0 Å². The van der Waals surface area contributed by atoms with Gasteiger partial charge in [-0.1, -0.05) is 29.3 Å². The predicted molar refractivity (Wildman–Crippen MR) is 88.9 cm³/mol. The molecule has 1 unspecified atom stereocenters. The lowest BCUT2D eigenvalue weighted by molar-refractivity contribution is -0.0245. The standard InChI is InChI=1S/C18H23Cl2N/c1-11(15-2-3-16(19)17(20)7-15)21-18-8-12-4-13(9-18)6-14(5-12)10-18/h2-3,7,11-14,21H,4-6,8-10H2,1H3. The van der Waals surface area contributed by atoms with Gasteiger partial charge in [-0.2, -0.15) is 0 Å². The number of halogens is 2. The van der Waals surface area contributed by atoms with Gasteiger partial charge < -0.3 is 5.32 Å². The third-order valence-corrected chi connectivity index (χ3v) is 6.74. The van der Waals surface area contributed by atoms with Crippen molar-refractivity contribution in [3.05, 3.63) is 33.8 Å². The summed E-state index contributed by atoms with van der Waals surface area (Å²) in [5, 5.41) is 5.29. The average molecular weight is 324 g/mol. The smallest absolute Gasteiger partial charge is 0.0595 e. The van der Waals surface area contributed by atoms with Gasteiger partial charge in [-0.05, 0) is 80.9 Å². The Kier molecular flexibility index (Phi) is 3.52. The number of benzene rings is 1. The summed E-state index contributed by atoms with van der Waals surface area (Å²) >= 11 is 12.2. The van der Waals surface area contributed by atoms with Gasteiger partial charge >= 0.3 is 0 Å². The van der Waals surface area contributed by atoms with Crippen LogP contribution in [0.4, 0.5) is 0 Å². The quantitative estimate of drug-likeness (QED) is 0.761. The Morgan fingerprint density at radius 3 is 2.10 bits per heavy atom. The maximum atomic E-state index is 6.17. The highest BCUT2D eigenvalue weighted by Crippen LogP contribution is 2.56. The maximum Gasteiger partial charge on any atom is 0.0595 e. The summed E-state index contributed by atoms with van der Waals surface area (Å²) in [4.78, 5) is 0. The molecule has 0 aromatic heterocycles. The Balaban J connectivity index is 1.53. The van der Waals surface area contributed by atoms with Crippen molar-refractivity contribution in [2.75, 3.05) is 0 Å². The predicted octanol–water partition coefficient (Wildman–Crippen LogP) is 5.61. The van der Waals surface area contributed by atoms with Crippen LogP contribution in [0.2, 0.25) is 10.0 Å². The zero-order chi connectivity index (χ0) is 14.6. The number of rotatable bonds is 3. The van der Waals surface area contributed by atoms with Crippen LogP contribution in [0.3, 0.4) is 0 Å². The molecule has 3 heteroatoms. The van der Waals surface area contributed by atoms with E-state index in [-0.39, 0.29) is 0 Å². The normalized spacial score (nSPS) is 38.7. The average Bonchev–Trinajstić information content (AvgIpc) is 2.39. The lowest BCUT2D eigenvalue weighted by atomic mass is 9.53. The number of hydrogen-bond donors (Lipinski definition) is 1. The topological polar surface area (TPSA) is 12.0 Å². The molecule has 1 N–H and O–H groups in total. The van der Waals surface area contributed by atoms with Crippen LogP contribution in [-0.2, 0) is 0 Å². The van der Waals surface area contributed by atoms with Crippen LogP contribution in [0.25, 0.3) is 0 Å². The third-order valence-electron chi connectivity index (χ3n) is 6.00. The fourth-order valence-electron chi connectivity index (χ4n) is 5.61. The van der Waals surface area contributed by atoms with Gasteiger partial charge in [-0.3, -0.25) is 0 Å². The van der Waals surface area contributed by atoms with Crippen molar-refractivity contribution in [1.29, 1.82) is 0 Å². The Morgan fingerprint density at radius 1 is 1.00 bits per heavy atom. The largest absolute Gasteiger partial charge is 0.305 e. The highest BCUT2D eigenvalue weighted by molar-refractivity contribution is 6.42. The molecule has 1 aromatic rings. The zero-order valence-corrected chi connectivity index (χ0v) is 14.1. The van der Waals surface area contributed by atoms with Crippen molar-refractivity contribution >= 4 is 23.2 Å². The minimum Gasteiger partial charge on any atom is -0.305 e. The van der Waals surface area contributed by atoms with Crippen LogP contribution < -0.4 is 5.32 Å². The molecule has 5 rings (SSSR count). The summed E-state index contributed by atoms with van der Waals surface area (Å²) < 4.78 is 0. The molecule has 0 heterocycles. The van der Waals surface area contributed by atoms with Crippen molar-refractivity contribution in [3.8, 4) is 0 Å². The van der Waals surface area contributed by atoms with E-state index in [4.69, 9.17) is 23.2 Å². The lowest BCUT2D eigenvalue weighted by Crippen LogP contribution is -2.58. The van der Waals surface area contributed by atoms with Gasteiger partial charge in [0.25, 0.3) is 0 Å². The molecule has 1 aromatic carbocycles. The van der Waals surface area contributed by atoms with Gasteiger partial charge in [0.2, 0.25) is 0 Å². The van der Waals surface area contributed by atoms with Crippen molar-refractivity contribution in [2.24, 2.45) is 17.8 Å². The van der Waals surface area contributed by atoms with Crippen LogP contribution in [0.15, 0.2) is 18.2 Å². The lowest BCUT2D eigenvalue weighted by Gasteiger charge is -2.58. The van der Waals surface area contributed by atoms with Crippen LogP contribution in [0.5, 0.6) is 0 Å². The molecule has 4 fully saturated rings. The molecule has 1 nitrogen and oxygen atoms in total. The van der Waals surface area contributed by atoms with Crippen LogP contribution >= 0.6 is 23.2 Å². The van der Waals surface area contributed by atoms with E-state index in [9.17, 15) is 0 Å². The van der Waals surface area contributed by atoms with Gasteiger partial charge in [0.1, 0.15) is 0 Å². The summed E-state index contributed by atoms with van der Waals surface area (Å²) in [6.07, 6.45) is 8.60. The van der Waals surface area contributed by atoms with Gasteiger partial charge in [0, 0.05) is 11.6 Å². The first kappa shape index (κ1) is 14.4. The first-order valence-corrected chi connectivity index (χ1v) is 9.01. The van der Waals surface area contributed by atoms with E-state index in [2.05, 4.69) is 18.3 Å². The van der Waals surface area contributed by atoms with E-state index in [0.717, 1.165) is 17.8 Å². The van der Waals surface area contributed by atoms with E-state index >= 15 is 0 Å². The zero-order valence-electron chi connectivity index (χ0n) is 12.5. The van der Waals surface area contributed by atoms with Crippen LogP contribution in [-0.4, -0.2) is 5.54 Å². The minimum absolute atomic E-state index is 0.344. The van der Waals surface area contributed by atoms with Crippen LogP contribution in [0.1, 0.15) is 57.1 Å². The van der Waals surface area contributed by atoms with Crippen molar-refractivity contribution in [2.45, 2.75) is 57.0 Å². The molecule has 0 aliphatic heterocycles. The number of hydrogen-bond acceptors (Lipinski definition) is 1. The molecule has 4 saturated carbocycles. The van der Waals surface area contributed by atoms with Gasteiger partial charge in [0.15, 0.2) is 0 Å². The SMILES string of the molecule is CC(NC12CC3CC(CC(C3)C1)C2)c1ccc(Cl)c(Cl)c1. The second-order valence-electron chi connectivity index (χ2n) is 7.74. The Hall–Kier alpha value is -0.240. The molecule has 0 amide bonds. The maximum absolute atomic E-state index is 6.17. The van der Waals surface area contributed by atoms with Crippen molar-refractivity contribution < 1.29 is 0 Å². The van der Waals surface area contributed by atoms with E-state index < -0.39 is 0 Å². The molecule has 4 aliphatic carbocycles. The van der Waals surface area contributed by atoms with E-state index in [0.29, 0.717) is 21.6 Å². The molecule has 0 saturated heterocycles. The van der Waals surface area contributed by atoms with Gasteiger partial charge in [0.05, 0.1) is 10.0 Å². The highest BCUT2D eigenvalue weighted by atomic mass is 35.5. The molecule has 21 heavy (non-hydrogen) atoms. The second kappa shape index (κ2) is 5.15. The monoisotopic (exact) mass is 323 g/mol. The third kappa shape index (κ3) is 2.62. The molecule has 4 aliphatic rings. The second-order valence-corrected chi connectivity index (χ2v) is 8.55. The molecular weight excluding hydrogens is 301 g/mol. The highest BCUT2D eigenvalue weighted by Gasteiger charge is 2.51. The fraction of sp³-hybridized carbons (Fsp3) is 0.667. The summed E-state index contributed by atoms with van der Waals surface area (Å²) in [5.41, 5.74) is 1.64. The van der Waals surface area contributed by atoms with Gasteiger partial charge in [-0.25, -0.2) is 0 Å². The molecular formula is C18H23Cl2N. The van der Waals surface area contributed by atoms with E-state index in [1.165, 1.54) is 44.1 Å². The van der Waals surface area contributed by atoms with E-state index in [1.807, 2.05) is 12.1 Å². The van der Waals surface area contributed by atoms with Crippen LogP contribution in [0, 0.1) is 17.8 Å². The number of nitrogens with one attached hydrogen (secondary N) is 1. The molecule has 1 atom stereocenters. The molecule has 0 radical (unpaired) electrons. The minimum atomic E-state index is 0.344. The Morgan fingerprint density at radius 2 is 1.57 bits per heavy atom. The van der Waals surface area contributed by atoms with Crippen molar-refractivity contribution in [3.63, 3.8) is 0 Å². The first-order chi connectivity index (χ1) is 10.0. The Bertz CT molecular complexity index is 519. The fourth-order valence-corrected chi connectivity index (χ4v) is 5.92. The summed E-state index contributed by atoms with van der Waals surface area (Å²) in [5.74, 6) is 2.93. The van der Waals surface area contributed by atoms with Gasteiger partial charge in [-0.15, -0.1) is 0 Å².